The third kappa shape index (κ3) is 8.29. The van der Waals surface area contributed by atoms with Crippen LogP contribution in [0, 0.1) is 12.8 Å². The Bertz CT molecular complexity index is 1750. The predicted molar refractivity (Wildman–Crippen MR) is 172 cm³/mol. The van der Waals surface area contributed by atoms with Crippen LogP contribution in [0.15, 0.2) is 61.1 Å². The lowest BCUT2D eigenvalue weighted by Gasteiger charge is -2.32. The van der Waals surface area contributed by atoms with Gasteiger partial charge in [-0.25, -0.2) is 9.97 Å². The number of hydrogen-bond acceptors (Lipinski definition) is 11. The van der Waals surface area contributed by atoms with Gasteiger partial charge in [0, 0.05) is 54.8 Å². The number of aliphatic hydroxyl groups excluding tert-OH is 5. The van der Waals surface area contributed by atoms with E-state index >= 15 is 0 Å². The van der Waals surface area contributed by atoms with Crippen LogP contribution in [-0.4, -0.2) is 114 Å². The molecule has 0 spiro atoms. The fourth-order valence-corrected chi connectivity index (χ4v) is 5.69. The van der Waals surface area contributed by atoms with Gasteiger partial charge in [0.15, 0.2) is 11.5 Å². The molecular weight excluding hydrogens is 646 g/mol. The van der Waals surface area contributed by atoms with E-state index in [0.717, 1.165) is 11.1 Å². The highest BCUT2D eigenvalue weighted by atomic mass is 19.3. The first-order valence-electron chi connectivity index (χ1n) is 15.6. The van der Waals surface area contributed by atoms with Gasteiger partial charge in [0.05, 0.1) is 24.6 Å². The smallest absolute Gasteiger partial charge is 0.387 e. The molecule has 1 fully saturated rings. The van der Waals surface area contributed by atoms with Gasteiger partial charge in [-0.05, 0) is 67.8 Å². The zero-order valence-electron chi connectivity index (χ0n) is 26.5. The van der Waals surface area contributed by atoms with Crippen molar-refractivity contribution in [3.05, 3.63) is 72.2 Å². The number of fused-ring (bicyclic) bond motifs is 1. The Labute approximate surface area is 279 Å². The van der Waals surface area contributed by atoms with Crippen molar-refractivity contribution in [1.82, 2.24) is 24.6 Å². The van der Waals surface area contributed by atoms with Crippen LogP contribution in [0.1, 0.15) is 28.8 Å². The van der Waals surface area contributed by atoms with Crippen LogP contribution < -0.4 is 15.4 Å². The number of ether oxygens (including phenoxy) is 1. The second kappa shape index (κ2) is 15.7. The van der Waals surface area contributed by atoms with Crippen molar-refractivity contribution in [1.29, 1.82) is 0 Å². The summed E-state index contributed by atoms with van der Waals surface area (Å²) in [4.78, 5) is 36.7. The molecule has 16 heteroatoms. The van der Waals surface area contributed by atoms with Gasteiger partial charge in [-0.3, -0.25) is 14.0 Å². The molecule has 1 saturated heterocycles. The van der Waals surface area contributed by atoms with E-state index < -0.39 is 43.6 Å². The molecule has 0 aliphatic carbocycles. The van der Waals surface area contributed by atoms with Gasteiger partial charge in [0.2, 0.25) is 5.91 Å². The van der Waals surface area contributed by atoms with Gasteiger partial charge < -0.3 is 45.8 Å². The average molecular weight is 685 g/mol. The van der Waals surface area contributed by atoms with E-state index in [1.54, 1.807) is 47.8 Å². The van der Waals surface area contributed by atoms with E-state index in [1.807, 2.05) is 17.4 Å². The number of halogens is 2. The first kappa shape index (κ1) is 35.6. The molecule has 1 aliphatic rings. The van der Waals surface area contributed by atoms with E-state index in [1.165, 1.54) is 12.1 Å². The number of aromatic nitrogens is 3. The Kier molecular flexibility index (Phi) is 11.4. The summed E-state index contributed by atoms with van der Waals surface area (Å²) in [5.41, 5.74) is 3.88. The van der Waals surface area contributed by atoms with Gasteiger partial charge in [-0.1, -0.05) is 0 Å². The molecule has 2 aromatic carbocycles. The van der Waals surface area contributed by atoms with Crippen LogP contribution in [0.4, 0.5) is 20.3 Å². The fraction of sp³-hybridized carbons (Fsp3) is 0.394. The summed E-state index contributed by atoms with van der Waals surface area (Å²) in [6, 6.07) is 11.5. The highest BCUT2D eigenvalue weighted by Crippen LogP contribution is 2.28. The average Bonchev–Trinajstić information content (AvgIpc) is 3.54. The van der Waals surface area contributed by atoms with Gasteiger partial charge in [-0.2, -0.15) is 8.78 Å². The number of rotatable bonds is 13. The van der Waals surface area contributed by atoms with Crippen molar-refractivity contribution in [2.75, 3.05) is 31.6 Å². The minimum absolute atomic E-state index is 0.0496. The molecule has 3 heterocycles. The number of carbonyl (C=O) groups is 2. The van der Waals surface area contributed by atoms with Crippen molar-refractivity contribution in [2.45, 2.75) is 50.8 Å². The summed E-state index contributed by atoms with van der Waals surface area (Å²) in [6.45, 7) is -1.60. The third-order valence-electron chi connectivity index (χ3n) is 8.49. The van der Waals surface area contributed by atoms with Crippen molar-refractivity contribution >= 4 is 29.0 Å². The van der Waals surface area contributed by atoms with Crippen LogP contribution in [0.2, 0.25) is 0 Å². The molecule has 0 radical (unpaired) electrons. The summed E-state index contributed by atoms with van der Waals surface area (Å²) >= 11 is 0. The maximum atomic E-state index is 13.4. The number of imidazole rings is 1. The van der Waals surface area contributed by atoms with Crippen molar-refractivity contribution in [2.24, 2.45) is 5.92 Å². The van der Waals surface area contributed by atoms with Crippen LogP contribution >= 0.6 is 0 Å². The summed E-state index contributed by atoms with van der Waals surface area (Å²) in [5, 5.41) is 53.9. The van der Waals surface area contributed by atoms with E-state index in [-0.39, 0.29) is 24.1 Å². The first-order valence-corrected chi connectivity index (χ1v) is 15.6. The molecule has 49 heavy (non-hydrogen) atoms. The number of nitrogens with one attached hydrogen (secondary N) is 2. The summed E-state index contributed by atoms with van der Waals surface area (Å²) in [7, 11) is 0. The van der Waals surface area contributed by atoms with Crippen LogP contribution in [-0.2, 0) is 4.79 Å². The number of likely N-dealkylation sites (tertiary alicyclic amines) is 1. The number of carbonyl (C=O) groups excluding carboxylic acids is 2. The number of aliphatic hydroxyl groups is 5. The lowest BCUT2D eigenvalue weighted by Crippen LogP contribution is -2.50. The molecule has 5 rings (SSSR count). The number of benzene rings is 2. The number of aryl methyl sites for hydroxylation is 1. The maximum absolute atomic E-state index is 13.4. The monoisotopic (exact) mass is 684 g/mol. The highest BCUT2D eigenvalue weighted by Gasteiger charge is 2.32. The normalized spacial score (nSPS) is 16.3. The topological polar surface area (TPSA) is 202 Å². The second-order valence-corrected chi connectivity index (χ2v) is 11.8. The van der Waals surface area contributed by atoms with E-state index in [9.17, 15) is 38.8 Å². The van der Waals surface area contributed by atoms with Gasteiger partial charge >= 0.3 is 6.61 Å². The summed E-state index contributed by atoms with van der Waals surface area (Å²) in [6.07, 6.45) is -1.01. The number of amides is 2. The van der Waals surface area contributed by atoms with E-state index in [2.05, 4.69) is 25.3 Å². The Morgan fingerprint density at radius 1 is 1.00 bits per heavy atom. The Hall–Kier alpha value is -4.74. The molecule has 1 aliphatic heterocycles. The van der Waals surface area contributed by atoms with Crippen LogP contribution in [0.3, 0.4) is 0 Å². The molecule has 7 N–H and O–H groups in total. The Balaban J connectivity index is 1.17. The molecule has 2 aromatic heterocycles. The first-order chi connectivity index (χ1) is 23.5. The van der Waals surface area contributed by atoms with Gasteiger partial charge in [-0.15, -0.1) is 0 Å². The van der Waals surface area contributed by atoms with Crippen molar-refractivity contribution in [3.8, 4) is 17.0 Å². The van der Waals surface area contributed by atoms with Crippen LogP contribution in [0.25, 0.3) is 16.9 Å². The van der Waals surface area contributed by atoms with Crippen molar-refractivity contribution < 1.29 is 48.6 Å². The number of hydrogen-bond donors (Lipinski definition) is 7. The molecule has 2 amide bonds. The molecule has 0 saturated carbocycles. The molecule has 4 unspecified atom stereocenters. The Morgan fingerprint density at radius 3 is 2.35 bits per heavy atom. The molecule has 14 nitrogen and oxygen atoms in total. The molecular formula is C33H38F2N6O8. The molecule has 262 valence electrons. The molecule has 4 atom stereocenters. The predicted octanol–water partition coefficient (Wildman–Crippen LogP) is 1.45. The Morgan fingerprint density at radius 2 is 1.69 bits per heavy atom. The number of alkyl halides is 2. The SMILES string of the molecule is Cc1cc(Nc2nccn3c(-c4ccc(OC(F)F)cc4)cnc23)ccc1C(=O)N1CCC(C(=O)NCC(O)C(O)C(O)C(O)CO)CC1. The van der Waals surface area contributed by atoms with Crippen molar-refractivity contribution in [3.63, 3.8) is 0 Å². The minimum Gasteiger partial charge on any atom is -0.435 e. The number of piperidine rings is 1. The lowest BCUT2D eigenvalue weighted by molar-refractivity contribution is -0.130. The summed E-state index contributed by atoms with van der Waals surface area (Å²) in [5.74, 6) is -0.459. The van der Waals surface area contributed by atoms with Crippen LogP contribution in [0.5, 0.6) is 5.75 Å². The number of nitrogens with zero attached hydrogens (tertiary/aromatic N) is 4. The third-order valence-corrected chi connectivity index (χ3v) is 8.49. The van der Waals surface area contributed by atoms with E-state index in [4.69, 9.17) is 5.11 Å². The number of anilines is 2. The zero-order chi connectivity index (χ0) is 35.2. The largest absolute Gasteiger partial charge is 0.435 e. The van der Waals surface area contributed by atoms with Gasteiger partial charge in [0.25, 0.3) is 5.91 Å². The summed E-state index contributed by atoms with van der Waals surface area (Å²) < 4.78 is 31.3. The highest BCUT2D eigenvalue weighted by molar-refractivity contribution is 5.96. The minimum atomic E-state index is -2.91. The molecule has 4 aromatic rings. The maximum Gasteiger partial charge on any atom is 0.387 e. The molecule has 0 bridgehead atoms. The fourth-order valence-electron chi connectivity index (χ4n) is 5.69. The lowest BCUT2D eigenvalue weighted by atomic mass is 9.94. The zero-order valence-corrected chi connectivity index (χ0v) is 26.5. The standard InChI is InChI=1S/C33H38F2N6O8/c1-18-14-21(39-29-30-37-15-24(41(30)13-10-36-29)19-2-5-22(6-3-19)49-33(34)35)4-7-23(18)32(48)40-11-8-20(9-12-40)31(47)38-16-25(43)27(45)28(46)26(44)17-42/h2-7,10,13-15,20,25-28,33,42-46H,8-9,11-12,16-17H2,1H3,(H,36,39)(H,38,47). The van der Waals surface area contributed by atoms with Gasteiger partial charge in [0.1, 0.15) is 24.1 Å². The van der Waals surface area contributed by atoms with E-state index in [0.29, 0.717) is 54.3 Å². The quantitative estimate of drug-likeness (QED) is 0.108. The second-order valence-electron chi connectivity index (χ2n) is 11.8.